The lowest BCUT2D eigenvalue weighted by Crippen LogP contribution is -2.26. The van der Waals surface area contributed by atoms with Crippen molar-refractivity contribution < 1.29 is 22.8 Å². The highest BCUT2D eigenvalue weighted by Crippen LogP contribution is 2.38. The lowest BCUT2D eigenvalue weighted by atomic mass is 9.76. The van der Waals surface area contributed by atoms with Crippen LogP contribution in [0.5, 0.6) is 0 Å². The number of nitrogens with zero attached hydrogens (tertiary/aromatic N) is 2. The number of hydrogen-bond donors (Lipinski definition) is 1. The first kappa shape index (κ1) is 16.7. The molecule has 1 N–H and O–H groups in total. The number of hydrogen-bond acceptors (Lipinski definition) is 6. The first-order valence-corrected chi connectivity index (χ1v) is 8.08. The predicted molar refractivity (Wildman–Crippen MR) is 82.7 cm³/mol. The van der Waals surface area contributed by atoms with Gasteiger partial charge in [-0.05, 0) is 12.3 Å². The fourth-order valence-corrected chi connectivity index (χ4v) is 3.42. The second-order valence-corrected chi connectivity index (χ2v) is 7.50. The minimum Gasteiger partial charge on any atom is -0.455 e. The molecule has 2 heterocycles. The summed E-state index contributed by atoms with van der Waals surface area (Å²) in [6.45, 7) is 5.55. The number of furan rings is 1. The summed E-state index contributed by atoms with van der Waals surface area (Å²) in [5.41, 5.74) is 0.680. The maximum Gasteiger partial charge on any atom is 0.293 e. The average Bonchev–Trinajstić information content (AvgIpc) is 3.02. The number of carbonyl (C=O) groups excluding carboxylic acids is 2. The summed E-state index contributed by atoms with van der Waals surface area (Å²) in [5.74, 6) is -0.203. The zero-order chi connectivity index (χ0) is 17.6. The van der Waals surface area contributed by atoms with Crippen molar-refractivity contribution in [1.82, 2.24) is 10.2 Å². The molecule has 0 radical (unpaired) electrons. The number of alkyl halides is 2. The molecule has 0 aromatic carbocycles. The maximum absolute atomic E-state index is 12.5. The largest absolute Gasteiger partial charge is 0.455 e. The summed E-state index contributed by atoms with van der Waals surface area (Å²) in [6, 6.07) is 0. The SMILES string of the molecule is Cc1c(C(=O)Nc2nnc(C(F)F)s2)oc2c1C(=O)CC(C)(C)C2. The second kappa shape index (κ2) is 5.73. The topological polar surface area (TPSA) is 85.1 Å². The van der Waals surface area contributed by atoms with Crippen molar-refractivity contribution in [3.8, 4) is 0 Å². The van der Waals surface area contributed by atoms with E-state index >= 15 is 0 Å². The van der Waals surface area contributed by atoms with Gasteiger partial charge in [0.05, 0.1) is 5.56 Å². The Morgan fingerprint density at radius 1 is 1.33 bits per heavy atom. The number of ketones is 1. The first-order valence-electron chi connectivity index (χ1n) is 7.26. The molecule has 2 aromatic rings. The number of rotatable bonds is 3. The Balaban J connectivity index is 1.87. The molecule has 0 spiro atoms. The van der Waals surface area contributed by atoms with Gasteiger partial charge in [0.25, 0.3) is 12.3 Å². The number of halogens is 2. The van der Waals surface area contributed by atoms with E-state index in [0.29, 0.717) is 41.1 Å². The first-order chi connectivity index (χ1) is 11.2. The predicted octanol–water partition coefficient (Wildman–Crippen LogP) is 3.78. The summed E-state index contributed by atoms with van der Waals surface area (Å²) in [7, 11) is 0. The van der Waals surface area contributed by atoms with Crippen molar-refractivity contribution in [2.24, 2.45) is 5.41 Å². The van der Waals surface area contributed by atoms with Crippen molar-refractivity contribution >= 4 is 28.2 Å². The van der Waals surface area contributed by atoms with Gasteiger partial charge in [0, 0.05) is 18.4 Å². The van der Waals surface area contributed by atoms with Gasteiger partial charge in [0.2, 0.25) is 5.13 Å². The summed E-state index contributed by atoms with van der Waals surface area (Å²) < 4.78 is 30.6. The van der Waals surface area contributed by atoms with Crippen LogP contribution in [0.2, 0.25) is 0 Å². The molecule has 128 valence electrons. The fourth-order valence-electron chi connectivity index (χ4n) is 2.83. The van der Waals surface area contributed by atoms with Gasteiger partial charge in [-0.3, -0.25) is 14.9 Å². The van der Waals surface area contributed by atoms with Crippen LogP contribution in [0.25, 0.3) is 0 Å². The Hall–Kier alpha value is -2.16. The van der Waals surface area contributed by atoms with Gasteiger partial charge < -0.3 is 4.42 Å². The van der Waals surface area contributed by atoms with Crippen molar-refractivity contribution in [1.29, 1.82) is 0 Å². The molecule has 9 heteroatoms. The van der Waals surface area contributed by atoms with Crippen molar-refractivity contribution in [3.63, 3.8) is 0 Å². The molecule has 0 unspecified atom stereocenters. The molecular weight excluding hydrogens is 340 g/mol. The normalized spacial score (nSPS) is 16.3. The lowest BCUT2D eigenvalue weighted by molar-refractivity contribution is 0.0898. The minimum atomic E-state index is -2.74. The molecule has 6 nitrogen and oxygen atoms in total. The zero-order valence-corrected chi connectivity index (χ0v) is 14.1. The molecule has 1 amide bonds. The molecular formula is C15H15F2N3O3S. The van der Waals surface area contributed by atoms with E-state index in [1.54, 1.807) is 6.92 Å². The molecule has 1 aliphatic rings. The molecule has 0 saturated heterocycles. The van der Waals surface area contributed by atoms with Crippen LogP contribution in [0.3, 0.4) is 0 Å². The number of amides is 1. The molecule has 1 aliphatic carbocycles. The highest BCUT2D eigenvalue weighted by Gasteiger charge is 2.37. The van der Waals surface area contributed by atoms with Crippen molar-refractivity contribution in [2.45, 2.75) is 40.0 Å². The third-order valence-corrected chi connectivity index (χ3v) is 4.68. The quantitative estimate of drug-likeness (QED) is 0.905. The van der Waals surface area contributed by atoms with E-state index in [0.717, 1.165) is 0 Å². The monoisotopic (exact) mass is 355 g/mol. The van der Waals surface area contributed by atoms with Crippen LogP contribution in [0.15, 0.2) is 4.42 Å². The lowest BCUT2D eigenvalue weighted by Gasteiger charge is -2.27. The molecule has 3 rings (SSSR count). The molecule has 0 fully saturated rings. The van der Waals surface area contributed by atoms with Crippen LogP contribution in [-0.2, 0) is 6.42 Å². The Labute approximate surface area is 140 Å². The third-order valence-electron chi connectivity index (χ3n) is 3.83. The van der Waals surface area contributed by atoms with Gasteiger partial charge in [0.15, 0.2) is 16.6 Å². The van der Waals surface area contributed by atoms with E-state index < -0.39 is 17.3 Å². The highest BCUT2D eigenvalue weighted by molar-refractivity contribution is 7.15. The van der Waals surface area contributed by atoms with E-state index in [1.807, 2.05) is 13.8 Å². The number of aromatic nitrogens is 2. The molecule has 0 saturated carbocycles. The molecule has 0 bridgehead atoms. The van der Waals surface area contributed by atoms with Gasteiger partial charge >= 0.3 is 0 Å². The standard InChI is InChI=1S/C15H15F2N3O3S/c1-6-9-7(21)4-15(2,3)5-8(9)23-10(6)12(22)18-14-20-19-13(24-14)11(16)17/h11H,4-5H2,1-3H3,(H,18,20,22). The van der Waals surface area contributed by atoms with E-state index in [9.17, 15) is 18.4 Å². The van der Waals surface area contributed by atoms with Crippen LogP contribution in [0.4, 0.5) is 13.9 Å². The molecule has 0 atom stereocenters. The van der Waals surface area contributed by atoms with E-state index in [2.05, 4.69) is 15.5 Å². The van der Waals surface area contributed by atoms with Gasteiger partial charge in [-0.25, -0.2) is 8.78 Å². The summed E-state index contributed by atoms with van der Waals surface area (Å²) >= 11 is 0.592. The van der Waals surface area contributed by atoms with Gasteiger partial charge in [-0.1, -0.05) is 25.2 Å². The number of carbonyl (C=O) groups is 2. The Morgan fingerprint density at radius 3 is 2.67 bits per heavy atom. The van der Waals surface area contributed by atoms with Crippen molar-refractivity contribution in [3.05, 3.63) is 27.7 Å². The Morgan fingerprint density at radius 2 is 2.04 bits per heavy atom. The fraction of sp³-hybridized carbons (Fsp3) is 0.467. The highest BCUT2D eigenvalue weighted by atomic mass is 32.1. The average molecular weight is 355 g/mol. The minimum absolute atomic E-state index is 0.000142. The van der Waals surface area contributed by atoms with Crippen LogP contribution < -0.4 is 5.32 Å². The zero-order valence-electron chi connectivity index (χ0n) is 13.3. The summed E-state index contributed by atoms with van der Waals surface area (Å²) in [5, 5.41) is 8.67. The second-order valence-electron chi connectivity index (χ2n) is 6.50. The van der Waals surface area contributed by atoms with Crippen LogP contribution >= 0.6 is 11.3 Å². The van der Waals surface area contributed by atoms with E-state index in [-0.39, 0.29) is 22.1 Å². The Bertz CT molecular complexity index is 826. The van der Waals surface area contributed by atoms with E-state index in [1.165, 1.54) is 0 Å². The maximum atomic E-state index is 12.5. The van der Waals surface area contributed by atoms with Gasteiger partial charge in [-0.2, -0.15) is 0 Å². The number of fused-ring (bicyclic) bond motifs is 1. The summed E-state index contributed by atoms with van der Waals surface area (Å²) in [6.07, 6.45) is -1.81. The number of anilines is 1. The smallest absolute Gasteiger partial charge is 0.293 e. The van der Waals surface area contributed by atoms with Crippen molar-refractivity contribution in [2.75, 3.05) is 5.32 Å². The van der Waals surface area contributed by atoms with Crippen LogP contribution in [-0.4, -0.2) is 21.9 Å². The van der Waals surface area contributed by atoms with Crippen LogP contribution in [0.1, 0.15) is 63.9 Å². The van der Waals surface area contributed by atoms with E-state index in [4.69, 9.17) is 4.42 Å². The van der Waals surface area contributed by atoms with Gasteiger partial charge in [-0.15, -0.1) is 10.2 Å². The molecule has 2 aromatic heterocycles. The Kier molecular flexibility index (Phi) is 3.98. The van der Waals surface area contributed by atoms with Crippen LogP contribution in [0, 0.1) is 12.3 Å². The third kappa shape index (κ3) is 2.95. The number of nitrogens with one attached hydrogen (secondary N) is 1. The molecule has 24 heavy (non-hydrogen) atoms. The van der Waals surface area contributed by atoms with Gasteiger partial charge in [0.1, 0.15) is 5.76 Å². The summed E-state index contributed by atoms with van der Waals surface area (Å²) in [4.78, 5) is 24.6. The number of Topliss-reactive ketones (excluding diaryl/α,β-unsaturated/α-hetero) is 1. The molecule has 0 aliphatic heterocycles.